The Hall–Kier alpha value is -8.15. The number of nitrogens with two attached hydrogens (primary N) is 4. The van der Waals surface area contributed by atoms with E-state index in [1.165, 1.54) is 55.5 Å². The van der Waals surface area contributed by atoms with E-state index in [0.29, 0.717) is 29.5 Å². The third kappa shape index (κ3) is 23.3. The van der Waals surface area contributed by atoms with Gasteiger partial charge in [0, 0.05) is 43.2 Å². The highest BCUT2D eigenvalue weighted by Crippen LogP contribution is 2.39. The van der Waals surface area contributed by atoms with Crippen LogP contribution >= 0.6 is 21.6 Å². The Labute approximate surface area is 488 Å². The summed E-state index contributed by atoms with van der Waals surface area (Å²) in [5.41, 5.74) is 23.8. The smallest absolute Gasteiger partial charge is 0.245 e. The maximum Gasteiger partial charge on any atom is 0.245 e. The number of phenolic OH excluding ortho intramolecular Hbond substituents is 2. The molecular formula is C54H76N14O13S2. The van der Waals surface area contributed by atoms with Crippen molar-refractivity contribution in [1.82, 2.24) is 47.9 Å². The minimum absolute atomic E-state index is 0.000716. The number of aromatic hydroxyl groups is 2. The predicted molar refractivity (Wildman–Crippen MR) is 311 cm³/mol. The summed E-state index contributed by atoms with van der Waals surface area (Å²) < 4.78 is -1.45. The van der Waals surface area contributed by atoms with Gasteiger partial charge in [0.15, 0.2) is 5.96 Å². The lowest BCUT2D eigenvalue weighted by molar-refractivity contribution is -0.135. The van der Waals surface area contributed by atoms with Gasteiger partial charge in [-0.1, -0.05) is 76.2 Å². The number of aliphatic hydroxyl groups excluding tert-OH is 1. The normalized spacial score (nSPS) is 20.2. The molecule has 20 N–H and O–H groups in total. The van der Waals surface area contributed by atoms with Crippen molar-refractivity contribution in [2.75, 3.05) is 32.0 Å². The molecular weight excluding hydrogens is 1120 g/mol. The number of hydrogen-bond acceptors (Lipinski definition) is 17. The van der Waals surface area contributed by atoms with Gasteiger partial charge in [-0.2, -0.15) is 0 Å². The van der Waals surface area contributed by atoms with Crippen LogP contribution in [-0.4, -0.2) is 165 Å². The third-order valence-electron chi connectivity index (χ3n) is 12.8. The summed E-state index contributed by atoms with van der Waals surface area (Å²) in [5, 5.41) is 53.6. The molecule has 4 rings (SSSR count). The van der Waals surface area contributed by atoms with Crippen LogP contribution in [0.3, 0.4) is 0 Å². The zero-order chi connectivity index (χ0) is 61.2. The van der Waals surface area contributed by atoms with Crippen molar-refractivity contribution in [2.24, 2.45) is 27.9 Å². The van der Waals surface area contributed by atoms with Gasteiger partial charge in [-0.15, -0.1) is 0 Å². The fraction of sp³-hybridized carbons (Fsp3) is 0.463. The molecule has 1 fully saturated rings. The first-order valence-corrected chi connectivity index (χ1v) is 28.9. The van der Waals surface area contributed by atoms with Gasteiger partial charge in [0.25, 0.3) is 0 Å². The van der Waals surface area contributed by atoms with Crippen molar-refractivity contribution < 1.29 is 63.3 Å². The van der Waals surface area contributed by atoms with E-state index >= 15 is 0 Å². The largest absolute Gasteiger partial charge is 0.508 e. The molecule has 3 aromatic rings. The number of hydrogen-bond donors (Lipinski definition) is 16. The van der Waals surface area contributed by atoms with Gasteiger partial charge in [-0.25, -0.2) is 0 Å². The molecule has 29 heteroatoms. The molecule has 0 unspecified atom stereocenters. The van der Waals surface area contributed by atoms with Gasteiger partial charge in [0.1, 0.15) is 59.8 Å². The van der Waals surface area contributed by atoms with Crippen LogP contribution in [0, 0.1) is 0 Å². The fourth-order valence-corrected chi connectivity index (χ4v) is 11.2. The van der Waals surface area contributed by atoms with Crippen LogP contribution in [0.4, 0.5) is 0 Å². The van der Waals surface area contributed by atoms with Crippen LogP contribution in [0.2, 0.25) is 0 Å². The van der Waals surface area contributed by atoms with E-state index in [1.54, 1.807) is 44.2 Å². The second-order valence-corrected chi connectivity index (χ2v) is 23.1. The molecule has 0 saturated carbocycles. The van der Waals surface area contributed by atoms with Gasteiger partial charge >= 0.3 is 0 Å². The number of rotatable bonds is 23. The van der Waals surface area contributed by atoms with Crippen LogP contribution in [0.1, 0.15) is 69.6 Å². The fourth-order valence-electron chi connectivity index (χ4n) is 8.37. The highest BCUT2D eigenvalue weighted by molar-refractivity contribution is 8.77. The highest BCUT2D eigenvalue weighted by atomic mass is 33.1. The van der Waals surface area contributed by atoms with Crippen molar-refractivity contribution in [1.29, 1.82) is 0 Å². The number of aliphatic imine (C=N–C) groups is 1. The molecule has 8 atom stereocenters. The van der Waals surface area contributed by atoms with E-state index < -0.39 is 125 Å². The summed E-state index contributed by atoms with van der Waals surface area (Å²) in [6.07, 6.45) is 0.474. The molecule has 0 bridgehead atoms. The lowest BCUT2D eigenvalue weighted by Gasteiger charge is -2.35. The van der Waals surface area contributed by atoms with E-state index in [-0.39, 0.29) is 74.8 Å². The van der Waals surface area contributed by atoms with Crippen molar-refractivity contribution in [3.05, 3.63) is 95.6 Å². The van der Waals surface area contributed by atoms with E-state index in [4.69, 9.17) is 22.9 Å². The number of carbonyl (C=O) groups is 10. The Morgan fingerprint density at radius 2 is 1.25 bits per heavy atom. The standard InChI is InChI=1S/C54H76N14O13S2/c1-30(70)61-39(26-33-16-20-35(72)21-17-33)49(78)68-44-52(81)66-38(25-32-14-18-34(71)19-15-32)46(75)60-27-43(73)62-41(28-69)50(79)65-40(24-31-10-5-4-6-11-31)48(77)67-42(29-82-83-54(44,2)3)51(80)64-37(12-7-8-22-55)47(76)63-36(45(56)74)13-9-23-59-53(57)58/h4-6,10-11,14-21,36-42,44,69,71-72H,7-9,12-13,22-29,55H2,1-3H3,(H2,56,74)(H,60,75)(H,61,70)(H,62,73)(H,63,76)(H,64,80)(H,65,79)(H,66,81)(H,67,77)(H,68,78)(H4,57,58,59)/t36-,37-,38-,39-,40-,41-,42-,44-/m0/s1. The minimum Gasteiger partial charge on any atom is -0.508 e. The third-order valence-corrected chi connectivity index (χ3v) is 16.1. The number of benzene rings is 3. The van der Waals surface area contributed by atoms with Crippen molar-refractivity contribution >= 4 is 86.6 Å². The number of nitrogens with one attached hydrogen (secondary N) is 9. The quantitative estimate of drug-likeness (QED) is 0.0194. The molecule has 0 aromatic heterocycles. The first-order valence-electron chi connectivity index (χ1n) is 26.6. The van der Waals surface area contributed by atoms with Crippen LogP contribution < -0.4 is 70.8 Å². The molecule has 0 radical (unpaired) electrons. The summed E-state index contributed by atoms with van der Waals surface area (Å²) in [6.45, 7) is 2.88. The van der Waals surface area contributed by atoms with Crippen LogP contribution in [0.15, 0.2) is 83.9 Å². The van der Waals surface area contributed by atoms with Gasteiger partial charge in [-0.3, -0.25) is 52.9 Å². The molecule has 27 nitrogen and oxygen atoms in total. The monoisotopic (exact) mass is 1190 g/mol. The molecule has 1 aliphatic rings. The summed E-state index contributed by atoms with van der Waals surface area (Å²) in [4.78, 5) is 143. The maximum absolute atomic E-state index is 14.9. The van der Waals surface area contributed by atoms with E-state index in [0.717, 1.165) is 21.6 Å². The number of primary amides is 1. The average molecular weight is 1190 g/mol. The number of unbranched alkanes of at least 4 members (excludes halogenated alkanes) is 1. The van der Waals surface area contributed by atoms with E-state index in [9.17, 15) is 63.3 Å². The SMILES string of the molecule is CC(=O)N[C@@H](Cc1ccc(O)cc1)C(=O)N[C@H]1C(=O)N[C@@H](Cc2ccc(O)cc2)C(=O)NCC(=O)N[C@@H](CO)C(=O)N[C@@H](Cc2ccccc2)C(=O)N[C@H](C(=O)N[C@@H](CCCCN)C(=O)N[C@@H](CCCN=C(N)N)C(N)=O)CSSC1(C)C. The van der Waals surface area contributed by atoms with Crippen molar-refractivity contribution in [2.45, 2.75) is 125 Å². The van der Waals surface area contributed by atoms with Gasteiger partial charge in [0.05, 0.1) is 13.2 Å². The summed E-state index contributed by atoms with van der Waals surface area (Å²) in [7, 11) is 1.90. The molecule has 452 valence electrons. The van der Waals surface area contributed by atoms with Crippen LogP contribution in [0.25, 0.3) is 0 Å². The molecule has 1 heterocycles. The summed E-state index contributed by atoms with van der Waals surface area (Å²) >= 11 is 0. The Morgan fingerprint density at radius 1 is 0.675 bits per heavy atom. The lowest BCUT2D eigenvalue weighted by atomic mass is 9.98. The molecule has 1 saturated heterocycles. The van der Waals surface area contributed by atoms with Gasteiger partial charge < -0.3 is 86.1 Å². The average Bonchev–Trinajstić information content (AvgIpc) is 3.65. The molecule has 0 aliphatic carbocycles. The Kier molecular flexibility index (Phi) is 27.3. The van der Waals surface area contributed by atoms with Crippen molar-refractivity contribution in [3.8, 4) is 11.5 Å². The first-order chi connectivity index (χ1) is 39.4. The van der Waals surface area contributed by atoms with Gasteiger partial charge in [-0.05, 0) is 93.5 Å². The molecule has 83 heavy (non-hydrogen) atoms. The molecule has 3 aromatic carbocycles. The number of aliphatic hydroxyl groups is 1. The number of guanidine groups is 1. The van der Waals surface area contributed by atoms with E-state index in [1.807, 2.05) is 0 Å². The second kappa shape index (κ2) is 33.7. The Morgan fingerprint density at radius 3 is 1.84 bits per heavy atom. The predicted octanol–water partition coefficient (Wildman–Crippen LogP) is -3.03. The minimum atomic E-state index is -1.69. The number of phenols is 2. The number of amides is 10. The topological polar surface area (TPSA) is 456 Å². The highest BCUT2D eigenvalue weighted by Gasteiger charge is 2.42. The second-order valence-electron chi connectivity index (χ2n) is 20.1. The Balaban J connectivity index is 1.83. The maximum atomic E-state index is 14.9. The molecule has 10 amide bonds. The summed E-state index contributed by atoms with van der Waals surface area (Å²) in [5.74, 6) is -9.55. The molecule has 0 spiro atoms. The van der Waals surface area contributed by atoms with Crippen LogP contribution in [-0.2, 0) is 67.2 Å². The summed E-state index contributed by atoms with van der Waals surface area (Å²) in [6, 6.07) is 8.22. The number of carbonyl (C=O) groups excluding carboxylic acids is 10. The Bertz CT molecular complexity index is 2740. The zero-order valence-corrected chi connectivity index (χ0v) is 47.9. The molecule has 1 aliphatic heterocycles. The van der Waals surface area contributed by atoms with E-state index in [2.05, 4.69) is 52.8 Å². The first kappa shape index (κ1) is 67.4. The zero-order valence-electron chi connectivity index (χ0n) is 46.3. The number of nitrogens with zero attached hydrogens (tertiary/aromatic N) is 1. The van der Waals surface area contributed by atoms with Crippen molar-refractivity contribution in [3.63, 3.8) is 0 Å². The van der Waals surface area contributed by atoms with Crippen LogP contribution in [0.5, 0.6) is 11.5 Å². The lowest BCUT2D eigenvalue weighted by Crippen LogP contribution is -2.63. The van der Waals surface area contributed by atoms with Gasteiger partial charge in [0.2, 0.25) is 59.1 Å².